The number of hydrogen-bond acceptors (Lipinski definition) is 4. The van der Waals surface area contributed by atoms with E-state index in [1.165, 1.54) is 0 Å². The molecule has 1 unspecified atom stereocenters. The second-order valence-corrected chi connectivity index (χ2v) is 3.13. The van der Waals surface area contributed by atoms with Crippen molar-refractivity contribution in [1.29, 1.82) is 0 Å². The average molecular weight is 209 g/mol. The second kappa shape index (κ2) is 4.65. The van der Waals surface area contributed by atoms with E-state index < -0.39 is 24.4 Å². The molecule has 0 aromatic heterocycles. The Balaban J connectivity index is 2.19. The molecule has 1 rings (SSSR count). The normalized spacial score (nSPS) is 25.1. The van der Waals surface area contributed by atoms with E-state index in [1.807, 2.05) is 0 Å². The number of methoxy groups -OCH3 is 1. The van der Waals surface area contributed by atoms with Gasteiger partial charge in [0.15, 0.2) is 0 Å². The summed E-state index contributed by atoms with van der Waals surface area (Å²) in [6.07, 6.45) is -1.26. The highest BCUT2D eigenvalue weighted by Crippen LogP contribution is 2.30. The molecule has 6 heteroatoms. The maximum absolute atomic E-state index is 12.6. The van der Waals surface area contributed by atoms with Gasteiger partial charge in [-0.15, -0.1) is 0 Å². The van der Waals surface area contributed by atoms with Gasteiger partial charge in [-0.2, -0.15) is 8.78 Å². The molecule has 1 aliphatic rings. The van der Waals surface area contributed by atoms with Gasteiger partial charge in [0.2, 0.25) is 0 Å². The van der Waals surface area contributed by atoms with Gasteiger partial charge >= 0.3 is 11.9 Å². The molecule has 0 aromatic rings. The molecule has 4 nitrogen and oxygen atoms in total. The first-order chi connectivity index (χ1) is 6.56. The van der Waals surface area contributed by atoms with E-state index in [2.05, 4.69) is 10.1 Å². The SMILES string of the molecule is COCCNCC1CC(F)(F)C(=O)O1. The molecule has 1 atom stereocenters. The molecule has 1 heterocycles. The van der Waals surface area contributed by atoms with Crippen molar-refractivity contribution in [1.82, 2.24) is 5.32 Å². The van der Waals surface area contributed by atoms with E-state index in [9.17, 15) is 13.6 Å². The molecule has 0 bridgehead atoms. The summed E-state index contributed by atoms with van der Waals surface area (Å²) in [4.78, 5) is 10.6. The van der Waals surface area contributed by atoms with E-state index in [1.54, 1.807) is 7.11 Å². The van der Waals surface area contributed by atoms with Crippen LogP contribution in [-0.4, -0.2) is 44.8 Å². The summed E-state index contributed by atoms with van der Waals surface area (Å²) in [5.74, 6) is -4.73. The van der Waals surface area contributed by atoms with Gasteiger partial charge in [0.25, 0.3) is 0 Å². The zero-order chi connectivity index (χ0) is 10.6. The van der Waals surface area contributed by atoms with Crippen molar-refractivity contribution in [2.75, 3.05) is 26.8 Å². The number of esters is 1. The summed E-state index contributed by atoms with van der Waals surface area (Å²) < 4.78 is 34.5. The van der Waals surface area contributed by atoms with Gasteiger partial charge in [0, 0.05) is 20.2 Å². The van der Waals surface area contributed by atoms with Crippen molar-refractivity contribution in [3.8, 4) is 0 Å². The predicted molar refractivity (Wildman–Crippen MR) is 44.2 cm³/mol. The van der Waals surface area contributed by atoms with Crippen molar-refractivity contribution in [2.45, 2.75) is 18.4 Å². The molecule has 1 saturated heterocycles. The average Bonchev–Trinajstić information content (AvgIpc) is 2.35. The molecule has 1 fully saturated rings. The largest absolute Gasteiger partial charge is 0.456 e. The summed E-state index contributed by atoms with van der Waals surface area (Å²) in [7, 11) is 1.55. The smallest absolute Gasteiger partial charge is 0.377 e. The van der Waals surface area contributed by atoms with Crippen molar-refractivity contribution < 1.29 is 23.0 Å². The highest BCUT2D eigenvalue weighted by Gasteiger charge is 2.50. The maximum atomic E-state index is 12.6. The molecule has 0 amide bonds. The number of alkyl halides is 2. The van der Waals surface area contributed by atoms with Gasteiger partial charge in [0.05, 0.1) is 13.0 Å². The van der Waals surface area contributed by atoms with Gasteiger partial charge in [-0.05, 0) is 0 Å². The Hall–Kier alpha value is -0.750. The lowest BCUT2D eigenvalue weighted by atomic mass is 10.2. The first-order valence-corrected chi connectivity index (χ1v) is 4.35. The number of cyclic esters (lactones) is 1. The zero-order valence-electron chi connectivity index (χ0n) is 7.89. The molecule has 0 saturated carbocycles. The molecule has 1 aliphatic heterocycles. The fourth-order valence-electron chi connectivity index (χ4n) is 1.20. The predicted octanol–water partition coefficient (Wildman–Crippen LogP) is 0.173. The summed E-state index contributed by atoms with van der Waals surface area (Å²) in [5, 5.41) is 2.85. The van der Waals surface area contributed by atoms with Gasteiger partial charge in [0.1, 0.15) is 6.10 Å². The highest BCUT2D eigenvalue weighted by atomic mass is 19.3. The lowest BCUT2D eigenvalue weighted by Gasteiger charge is -2.08. The molecule has 82 valence electrons. The minimum Gasteiger partial charge on any atom is -0.456 e. The standard InChI is InChI=1S/C8H13F2NO3/c1-13-3-2-11-5-6-4-8(9,10)7(12)14-6/h6,11H,2-5H2,1H3. The summed E-state index contributed by atoms with van der Waals surface area (Å²) >= 11 is 0. The number of carbonyl (C=O) groups is 1. The van der Waals surface area contributed by atoms with Crippen LogP contribution in [-0.2, 0) is 14.3 Å². The molecule has 1 N–H and O–H groups in total. The monoisotopic (exact) mass is 209 g/mol. The summed E-state index contributed by atoms with van der Waals surface area (Å²) in [5.41, 5.74) is 0. The Kier molecular flexibility index (Phi) is 3.77. The third-order valence-electron chi connectivity index (χ3n) is 1.91. The fourth-order valence-corrected chi connectivity index (χ4v) is 1.20. The van der Waals surface area contributed by atoms with Crippen LogP contribution in [0, 0.1) is 0 Å². The molecule has 0 aliphatic carbocycles. The van der Waals surface area contributed by atoms with Gasteiger partial charge in [-0.1, -0.05) is 0 Å². The Morgan fingerprint density at radius 3 is 2.93 bits per heavy atom. The molecule has 14 heavy (non-hydrogen) atoms. The van der Waals surface area contributed by atoms with Crippen LogP contribution in [0.2, 0.25) is 0 Å². The minimum absolute atomic E-state index is 0.241. The van der Waals surface area contributed by atoms with Crippen LogP contribution in [0.15, 0.2) is 0 Å². The Morgan fingerprint density at radius 2 is 2.43 bits per heavy atom. The van der Waals surface area contributed by atoms with E-state index >= 15 is 0 Å². The number of nitrogens with one attached hydrogen (secondary N) is 1. The van der Waals surface area contributed by atoms with Crippen LogP contribution in [0.4, 0.5) is 8.78 Å². The number of ether oxygens (including phenoxy) is 2. The number of hydrogen-bond donors (Lipinski definition) is 1. The van der Waals surface area contributed by atoms with E-state index in [4.69, 9.17) is 4.74 Å². The van der Waals surface area contributed by atoms with Gasteiger partial charge < -0.3 is 14.8 Å². The minimum atomic E-state index is -3.31. The van der Waals surface area contributed by atoms with Crippen LogP contribution < -0.4 is 5.32 Å². The van der Waals surface area contributed by atoms with Crippen LogP contribution >= 0.6 is 0 Å². The fraction of sp³-hybridized carbons (Fsp3) is 0.875. The number of rotatable bonds is 5. The quantitative estimate of drug-likeness (QED) is 0.518. The molecular formula is C8H13F2NO3. The Labute approximate surface area is 80.6 Å². The van der Waals surface area contributed by atoms with Crippen molar-refractivity contribution >= 4 is 5.97 Å². The maximum Gasteiger partial charge on any atom is 0.377 e. The molecule has 0 radical (unpaired) electrons. The van der Waals surface area contributed by atoms with Gasteiger partial charge in [-0.3, -0.25) is 0 Å². The first kappa shape index (κ1) is 11.3. The van der Waals surface area contributed by atoms with Crippen LogP contribution in [0.1, 0.15) is 6.42 Å². The Bertz CT molecular complexity index is 211. The van der Waals surface area contributed by atoms with Crippen molar-refractivity contribution in [3.05, 3.63) is 0 Å². The van der Waals surface area contributed by atoms with Crippen molar-refractivity contribution in [2.24, 2.45) is 0 Å². The van der Waals surface area contributed by atoms with E-state index in [0.717, 1.165) is 0 Å². The van der Waals surface area contributed by atoms with Crippen molar-refractivity contribution in [3.63, 3.8) is 0 Å². The van der Waals surface area contributed by atoms with E-state index in [-0.39, 0.29) is 6.54 Å². The third-order valence-corrected chi connectivity index (χ3v) is 1.91. The van der Waals surface area contributed by atoms with E-state index in [0.29, 0.717) is 13.2 Å². The summed E-state index contributed by atoms with van der Waals surface area (Å²) in [6, 6.07) is 0. The van der Waals surface area contributed by atoms with Crippen LogP contribution in [0.3, 0.4) is 0 Å². The lowest BCUT2D eigenvalue weighted by molar-refractivity contribution is -0.159. The van der Waals surface area contributed by atoms with Crippen LogP contribution in [0.5, 0.6) is 0 Å². The Morgan fingerprint density at radius 1 is 1.71 bits per heavy atom. The first-order valence-electron chi connectivity index (χ1n) is 4.35. The second-order valence-electron chi connectivity index (χ2n) is 3.13. The number of halogens is 2. The van der Waals surface area contributed by atoms with Crippen LogP contribution in [0.25, 0.3) is 0 Å². The van der Waals surface area contributed by atoms with Gasteiger partial charge in [-0.25, -0.2) is 4.79 Å². The topological polar surface area (TPSA) is 47.6 Å². The zero-order valence-corrected chi connectivity index (χ0v) is 7.89. The third kappa shape index (κ3) is 2.88. The number of carbonyl (C=O) groups excluding carboxylic acids is 1. The summed E-state index contributed by atoms with van der Waals surface area (Å²) in [6.45, 7) is 1.29. The highest BCUT2D eigenvalue weighted by molar-refractivity contribution is 5.79. The molecule has 0 aromatic carbocycles. The molecule has 0 spiro atoms. The molecular weight excluding hydrogens is 196 g/mol. The lowest BCUT2D eigenvalue weighted by Crippen LogP contribution is -2.29.